The van der Waals surface area contributed by atoms with Crippen LogP contribution in [-0.4, -0.2) is 17.1 Å². The summed E-state index contributed by atoms with van der Waals surface area (Å²) in [5.41, 5.74) is 8.18. The lowest BCUT2D eigenvalue weighted by molar-refractivity contribution is 0.102. The van der Waals surface area contributed by atoms with Gasteiger partial charge in [-0.05, 0) is 32.0 Å². The van der Waals surface area contributed by atoms with E-state index in [1.807, 2.05) is 80.6 Å². The van der Waals surface area contributed by atoms with Gasteiger partial charge in [0.15, 0.2) is 0 Å². The molecule has 2 N–H and O–H groups in total. The van der Waals surface area contributed by atoms with Crippen LogP contribution in [0.15, 0.2) is 77.9 Å². The molecular formula is C25H21ClN4OS. The van der Waals surface area contributed by atoms with E-state index < -0.39 is 0 Å². The molecule has 160 valence electrons. The molecule has 3 aromatic carbocycles. The third-order valence-corrected chi connectivity index (χ3v) is 5.98. The number of aromatic nitrogens is 1. The third-order valence-electron chi connectivity index (χ3n) is 4.76. The number of rotatable bonds is 6. The van der Waals surface area contributed by atoms with E-state index in [9.17, 15) is 4.79 Å². The van der Waals surface area contributed by atoms with Crippen molar-refractivity contribution >= 4 is 45.2 Å². The molecule has 0 atom stereocenters. The fraction of sp³-hybridized carbons (Fsp3) is 0.0800. The summed E-state index contributed by atoms with van der Waals surface area (Å²) in [4.78, 5) is 17.5. The second-order valence-corrected chi connectivity index (χ2v) is 8.68. The standard InChI is InChI=1S/C25H21ClN4OS/c1-16-7-11-18(12-8-16)22-24(29-23(31)19-13-9-17(2)10-14-19)32-25(28-22)30-27-15-20-5-3-4-6-21(20)26/h3-15H,1-2H3,(H,28,30)(H,29,31). The van der Waals surface area contributed by atoms with E-state index in [1.54, 1.807) is 12.3 Å². The molecule has 5 nitrogen and oxygen atoms in total. The highest BCUT2D eigenvalue weighted by molar-refractivity contribution is 7.20. The largest absolute Gasteiger partial charge is 0.312 e. The average molecular weight is 461 g/mol. The number of aryl methyl sites for hydroxylation is 2. The van der Waals surface area contributed by atoms with Crippen LogP contribution in [-0.2, 0) is 0 Å². The van der Waals surface area contributed by atoms with Crippen molar-refractivity contribution in [3.05, 3.63) is 100 Å². The Balaban J connectivity index is 1.61. The highest BCUT2D eigenvalue weighted by atomic mass is 35.5. The number of carbonyl (C=O) groups is 1. The van der Waals surface area contributed by atoms with Crippen LogP contribution in [0.25, 0.3) is 11.3 Å². The first-order chi connectivity index (χ1) is 15.5. The number of nitrogens with one attached hydrogen (secondary N) is 2. The molecule has 0 bridgehead atoms. The highest BCUT2D eigenvalue weighted by Crippen LogP contribution is 2.36. The van der Waals surface area contributed by atoms with Crippen LogP contribution in [0.5, 0.6) is 0 Å². The number of thiazole rings is 1. The molecular weight excluding hydrogens is 440 g/mol. The summed E-state index contributed by atoms with van der Waals surface area (Å²) >= 11 is 7.50. The van der Waals surface area contributed by atoms with Crippen LogP contribution in [0.2, 0.25) is 5.02 Å². The smallest absolute Gasteiger partial charge is 0.256 e. The van der Waals surface area contributed by atoms with Gasteiger partial charge in [-0.1, -0.05) is 88.7 Å². The molecule has 0 fully saturated rings. The number of hydrogen-bond donors (Lipinski definition) is 2. The zero-order valence-electron chi connectivity index (χ0n) is 17.6. The van der Waals surface area contributed by atoms with Crippen LogP contribution >= 0.6 is 22.9 Å². The minimum absolute atomic E-state index is 0.187. The van der Waals surface area contributed by atoms with Crippen molar-refractivity contribution in [2.24, 2.45) is 5.10 Å². The number of hydrazone groups is 1. The van der Waals surface area contributed by atoms with Gasteiger partial charge in [0.05, 0.1) is 6.21 Å². The van der Waals surface area contributed by atoms with Gasteiger partial charge >= 0.3 is 0 Å². The molecule has 0 radical (unpaired) electrons. The van der Waals surface area contributed by atoms with Crippen molar-refractivity contribution in [2.75, 3.05) is 10.7 Å². The quantitative estimate of drug-likeness (QED) is 0.246. The predicted octanol–water partition coefficient (Wildman–Crippen LogP) is 6.78. The first kappa shape index (κ1) is 21.7. The summed E-state index contributed by atoms with van der Waals surface area (Å²) in [5, 5.41) is 9.08. The van der Waals surface area contributed by atoms with E-state index in [1.165, 1.54) is 11.3 Å². The topological polar surface area (TPSA) is 66.4 Å². The summed E-state index contributed by atoms with van der Waals surface area (Å²) in [7, 11) is 0. The molecule has 1 heterocycles. The molecule has 0 aliphatic rings. The molecule has 0 aliphatic heterocycles. The van der Waals surface area contributed by atoms with Crippen molar-refractivity contribution in [1.82, 2.24) is 4.98 Å². The van der Waals surface area contributed by atoms with Crippen molar-refractivity contribution < 1.29 is 4.79 Å². The number of carbonyl (C=O) groups excluding carboxylic acids is 1. The van der Waals surface area contributed by atoms with Crippen molar-refractivity contribution in [3.63, 3.8) is 0 Å². The fourth-order valence-corrected chi connectivity index (χ4v) is 3.99. The first-order valence-corrected chi connectivity index (χ1v) is 11.2. The van der Waals surface area contributed by atoms with Gasteiger partial charge in [0, 0.05) is 21.7 Å². The van der Waals surface area contributed by atoms with Gasteiger partial charge in [0.2, 0.25) is 5.13 Å². The van der Waals surface area contributed by atoms with E-state index in [0.717, 1.165) is 22.3 Å². The van der Waals surface area contributed by atoms with E-state index in [0.29, 0.717) is 26.4 Å². The van der Waals surface area contributed by atoms with Crippen molar-refractivity contribution in [1.29, 1.82) is 0 Å². The van der Waals surface area contributed by atoms with Crippen molar-refractivity contribution in [2.45, 2.75) is 13.8 Å². The summed E-state index contributed by atoms with van der Waals surface area (Å²) in [6.07, 6.45) is 1.64. The molecule has 0 saturated carbocycles. The summed E-state index contributed by atoms with van der Waals surface area (Å²) in [5.74, 6) is -0.187. The van der Waals surface area contributed by atoms with Gasteiger partial charge in [-0.25, -0.2) is 4.98 Å². The monoisotopic (exact) mass is 460 g/mol. The van der Waals surface area contributed by atoms with Crippen LogP contribution in [0, 0.1) is 13.8 Å². The molecule has 7 heteroatoms. The molecule has 0 unspecified atom stereocenters. The summed E-state index contributed by atoms with van der Waals surface area (Å²) in [6, 6.07) is 22.9. The number of nitrogens with zero attached hydrogens (tertiary/aromatic N) is 2. The van der Waals surface area contributed by atoms with E-state index in [-0.39, 0.29) is 5.91 Å². The SMILES string of the molecule is Cc1ccc(C(=O)Nc2sc(NN=Cc3ccccc3Cl)nc2-c2ccc(C)cc2)cc1. The van der Waals surface area contributed by atoms with Gasteiger partial charge in [-0.15, -0.1) is 0 Å². The fourth-order valence-electron chi connectivity index (χ4n) is 2.98. The maximum atomic E-state index is 12.8. The highest BCUT2D eigenvalue weighted by Gasteiger charge is 2.16. The maximum absolute atomic E-state index is 12.8. The van der Waals surface area contributed by atoms with Gasteiger partial charge in [-0.2, -0.15) is 5.10 Å². The van der Waals surface area contributed by atoms with Gasteiger partial charge in [0.1, 0.15) is 10.7 Å². The Morgan fingerprint density at radius 1 is 0.969 bits per heavy atom. The Kier molecular flexibility index (Phi) is 6.63. The third kappa shape index (κ3) is 5.22. The number of hydrogen-bond acceptors (Lipinski definition) is 5. The Hall–Kier alpha value is -3.48. The summed E-state index contributed by atoms with van der Waals surface area (Å²) in [6.45, 7) is 4.02. The number of anilines is 2. The predicted molar refractivity (Wildman–Crippen MR) is 134 cm³/mol. The number of amides is 1. The second kappa shape index (κ2) is 9.77. The molecule has 1 aromatic heterocycles. The molecule has 4 rings (SSSR count). The van der Waals surface area contributed by atoms with Crippen LogP contribution in [0.3, 0.4) is 0 Å². The molecule has 32 heavy (non-hydrogen) atoms. The Labute approximate surface area is 195 Å². The second-order valence-electron chi connectivity index (χ2n) is 7.27. The lowest BCUT2D eigenvalue weighted by atomic mass is 10.1. The van der Waals surface area contributed by atoms with Crippen molar-refractivity contribution in [3.8, 4) is 11.3 Å². The number of halogens is 1. The molecule has 1 amide bonds. The van der Waals surface area contributed by atoms with E-state index in [4.69, 9.17) is 11.6 Å². The van der Waals surface area contributed by atoms with Gasteiger partial charge in [0.25, 0.3) is 5.91 Å². The first-order valence-electron chi connectivity index (χ1n) is 9.99. The van der Waals surface area contributed by atoms with E-state index >= 15 is 0 Å². The Morgan fingerprint density at radius 3 is 2.31 bits per heavy atom. The molecule has 0 saturated heterocycles. The Morgan fingerprint density at radius 2 is 1.62 bits per heavy atom. The average Bonchev–Trinajstić information content (AvgIpc) is 3.18. The van der Waals surface area contributed by atoms with Gasteiger partial charge < -0.3 is 5.32 Å². The van der Waals surface area contributed by atoms with Gasteiger partial charge in [-0.3, -0.25) is 10.2 Å². The minimum Gasteiger partial charge on any atom is -0.312 e. The minimum atomic E-state index is -0.187. The maximum Gasteiger partial charge on any atom is 0.256 e. The van der Waals surface area contributed by atoms with Crippen LogP contribution in [0.1, 0.15) is 27.0 Å². The zero-order valence-corrected chi connectivity index (χ0v) is 19.2. The van der Waals surface area contributed by atoms with Crippen LogP contribution in [0.4, 0.5) is 10.1 Å². The van der Waals surface area contributed by atoms with E-state index in [2.05, 4.69) is 20.8 Å². The molecule has 4 aromatic rings. The summed E-state index contributed by atoms with van der Waals surface area (Å²) < 4.78 is 0. The lowest BCUT2D eigenvalue weighted by Gasteiger charge is -2.06. The Bertz CT molecular complexity index is 1260. The zero-order chi connectivity index (χ0) is 22.5. The lowest BCUT2D eigenvalue weighted by Crippen LogP contribution is -2.11. The number of benzene rings is 3. The molecule has 0 aliphatic carbocycles. The molecule has 0 spiro atoms. The van der Waals surface area contributed by atoms with Crippen LogP contribution < -0.4 is 10.7 Å². The normalized spacial score (nSPS) is 11.0.